The molecule has 9 heteroatoms. The molecule has 2 heterocycles. The molecular weight excluding hydrogens is 377 g/mol. The second-order valence-electron chi connectivity index (χ2n) is 6.42. The lowest BCUT2D eigenvalue weighted by atomic mass is 10.1. The molecule has 1 saturated heterocycles. The number of hydrogen-bond donors (Lipinski definition) is 1. The van der Waals surface area contributed by atoms with Crippen LogP contribution in [0.4, 0.5) is 4.39 Å². The van der Waals surface area contributed by atoms with E-state index in [1.165, 1.54) is 18.4 Å². The third-order valence-electron chi connectivity index (χ3n) is 4.13. The molecule has 142 valence electrons. The maximum absolute atomic E-state index is 12.9. The van der Waals surface area contributed by atoms with E-state index in [1.807, 2.05) is 5.38 Å². The SMILES string of the molecule is CS(=O)(=O)NC1CCN(Cc2csc(COc3ccc(F)cc3)n2)CC1. The van der Waals surface area contributed by atoms with Crippen LogP contribution < -0.4 is 9.46 Å². The zero-order valence-corrected chi connectivity index (χ0v) is 16.2. The van der Waals surface area contributed by atoms with Crippen molar-refractivity contribution >= 4 is 21.4 Å². The number of ether oxygens (including phenoxy) is 1. The maximum Gasteiger partial charge on any atom is 0.208 e. The molecule has 0 spiro atoms. The predicted octanol–water partition coefficient (Wildman–Crippen LogP) is 2.37. The van der Waals surface area contributed by atoms with Gasteiger partial charge in [0.25, 0.3) is 0 Å². The molecule has 1 aromatic carbocycles. The van der Waals surface area contributed by atoms with Gasteiger partial charge in [-0.2, -0.15) is 0 Å². The van der Waals surface area contributed by atoms with Gasteiger partial charge >= 0.3 is 0 Å². The molecule has 1 aromatic heterocycles. The van der Waals surface area contributed by atoms with Crippen LogP contribution in [-0.2, 0) is 23.2 Å². The zero-order chi connectivity index (χ0) is 18.6. The molecule has 0 unspecified atom stereocenters. The molecular formula is C17H22FN3O3S2. The minimum absolute atomic E-state index is 0.0244. The van der Waals surface area contributed by atoms with Crippen molar-refractivity contribution in [1.82, 2.24) is 14.6 Å². The third kappa shape index (κ3) is 6.01. The van der Waals surface area contributed by atoms with Crippen LogP contribution in [0.2, 0.25) is 0 Å². The quantitative estimate of drug-likeness (QED) is 0.774. The second-order valence-corrected chi connectivity index (χ2v) is 9.14. The van der Waals surface area contributed by atoms with Gasteiger partial charge in [0.15, 0.2) is 0 Å². The Hall–Kier alpha value is -1.55. The van der Waals surface area contributed by atoms with Gasteiger partial charge in [0.1, 0.15) is 23.2 Å². The Balaban J connectivity index is 1.44. The number of benzene rings is 1. The van der Waals surface area contributed by atoms with E-state index in [0.717, 1.165) is 43.2 Å². The van der Waals surface area contributed by atoms with Gasteiger partial charge in [-0.3, -0.25) is 4.90 Å². The van der Waals surface area contributed by atoms with Gasteiger partial charge in [-0.1, -0.05) is 0 Å². The summed E-state index contributed by atoms with van der Waals surface area (Å²) in [6.07, 6.45) is 2.81. The van der Waals surface area contributed by atoms with Crippen LogP contribution >= 0.6 is 11.3 Å². The van der Waals surface area contributed by atoms with Gasteiger partial charge < -0.3 is 4.74 Å². The summed E-state index contributed by atoms with van der Waals surface area (Å²) in [4.78, 5) is 6.86. The van der Waals surface area contributed by atoms with Crippen molar-refractivity contribution in [3.8, 4) is 5.75 Å². The molecule has 1 aliphatic heterocycles. The molecule has 0 atom stereocenters. The van der Waals surface area contributed by atoms with Gasteiger partial charge in [-0.15, -0.1) is 11.3 Å². The van der Waals surface area contributed by atoms with E-state index in [0.29, 0.717) is 12.4 Å². The molecule has 2 aromatic rings. The maximum atomic E-state index is 12.9. The fourth-order valence-corrected chi connectivity index (χ4v) is 4.44. The first kappa shape index (κ1) is 19.2. The van der Waals surface area contributed by atoms with E-state index in [2.05, 4.69) is 14.6 Å². The van der Waals surface area contributed by atoms with E-state index in [1.54, 1.807) is 23.5 Å². The molecule has 1 N–H and O–H groups in total. The Bertz CT molecular complexity index is 816. The number of halogens is 1. The highest BCUT2D eigenvalue weighted by atomic mass is 32.2. The summed E-state index contributed by atoms with van der Waals surface area (Å²) in [5.74, 6) is 0.327. The number of nitrogens with zero attached hydrogens (tertiary/aromatic N) is 2. The highest BCUT2D eigenvalue weighted by Gasteiger charge is 2.22. The van der Waals surface area contributed by atoms with Gasteiger partial charge in [0.05, 0.1) is 11.9 Å². The molecule has 1 aliphatic rings. The lowest BCUT2D eigenvalue weighted by Crippen LogP contribution is -2.43. The number of hydrogen-bond acceptors (Lipinski definition) is 6. The highest BCUT2D eigenvalue weighted by molar-refractivity contribution is 7.88. The summed E-state index contributed by atoms with van der Waals surface area (Å²) in [6, 6.07) is 5.95. The number of thiazole rings is 1. The van der Waals surface area contributed by atoms with Crippen LogP contribution in [0, 0.1) is 5.82 Å². The second kappa shape index (κ2) is 8.43. The first-order valence-corrected chi connectivity index (χ1v) is 11.2. The van der Waals surface area contributed by atoms with Crippen molar-refractivity contribution in [2.45, 2.75) is 32.0 Å². The normalized spacial score (nSPS) is 16.7. The summed E-state index contributed by atoms with van der Waals surface area (Å²) in [5.41, 5.74) is 0.988. The number of aromatic nitrogens is 1. The van der Waals surface area contributed by atoms with Crippen molar-refractivity contribution in [1.29, 1.82) is 0 Å². The lowest BCUT2D eigenvalue weighted by molar-refractivity contribution is 0.198. The third-order valence-corrected chi connectivity index (χ3v) is 5.76. The van der Waals surface area contributed by atoms with E-state index in [9.17, 15) is 12.8 Å². The fourth-order valence-electron chi connectivity index (χ4n) is 2.90. The van der Waals surface area contributed by atoms with Gasteiger partial charge in [-0.05, 0) is 37.1 Å². The first-order chi connectivity index (χ1) is 12.4. The van der Waals surface area contributed by atoms with Gasteiger partial charge in [0.2, 0.25) is 10.0 Å². The molecule has 0 amide bonds. The fraction of sp³-hybridized carbons (Fsp3) is 0.471. The van der Waals surface area contributed by atoms with E-state index >= 15 is 0 Å². The number of nitrogens with one attached hydrogen (secondary N) is 1. The average molecular weight is 400 g/mol. The zero-order valence-electron chi connectivity index (χ0n) is 14.5. The van der Waals surface area contributed by atoms with Crippen LogP contribution in [0.15, 0.2) is 29.6 Å². The molecule has 26 heavy (non-hydrogen) atoms. The van der Waals surface area contributed by atoms with Gasteiger partial charge in [0, 0.05) is 31.1 Å². The summed E-state index contributed by atoms with van der Waals surface area (Å²) in [6.45, 7) is 2.79. The van der Waals surface area contributed by atoms with Crippen LogP contribution in [0.1, 0.15) is 23.5 Å². The van der Waals surface area contributed by atoms with Crippen molar-refractivity contribution in [3.05, 3.63) is 46.2 Å². The summed E-state index contributed by atoms with van der Waals surface area (Å²) >= 11 is 1.54. The monoisotopic (exact) mass is 399 g/mol. The summed E-state index contributed by atoms with van der Waals surface area (Å²) in [7, 11) is -3.14. The first-order valence-electron chi connectivity index (χ1n) is 8.39. The smallest absolute Gasteiger partial charge is 0.208 e. The van der Waals surface area contributed by atoms with Crippen molar-refractivity contribution in [3.63, 3.8) is 0 Å². The van der Waals surface area contributed by atoms with Crippen molar-refractivity contribution in [2.24, 2.45) is 0 Å². The minimum atomic E-state index is -3.14. The Morgan fingerprint density at radius 2 is 2.00 bits per heavy atom. The van der Waals surface area contributed by atoms with Crippen LogP contribution in [-0.4, -0.2) is 43.7 Å². The van der Waals surface area contributed by atoms with Crippen molar-refractivity contribution < 1.29 is 17.5 Å². The standard InChI is InChI=1S/C17H22FN3O3S2/c1-26(22,23)20-14-6-8-21(9-7-14)10-15-12-25-17(19-15)11-24-16-4-2-13(18)3-5-16/h2-5,12,14,20H,6-11H2,1H3. The Labute approximate surface area is 157 Å². The Morgan fingerprint density at radius 3 is 2.65 bits per heavy atom. The Kier molecular flexibility index (Phi) is 6.23. The van der Waals surface area contributed by atoms with E-state index in [-0.39, 0.29) is 11.9 Å². The average Bonchev–Trinajstić information content (AvgIpc) is 3.02. The highest BCUT2D eigenvalue weighted by Crippen LogP contribution is 2.18. The molecule has 1 fully saturated rings. The number of piperidine rings is 1. The van der Waals surface area contributed by atoms with Gasteiger partial charge in [-0.25, -0.2) is 22.5 Å². The Morgan fingerprint density at radius 1 is 1.31 bits per heavy atom. The van der Waals surface area contributed by atoms with E-state index < -0.39 is 10.0 Å². The largest absolute Gasteiger partial charge is 0.486 e. The van der Waals surface area contributed by atoms with Crippen molar-refractivity contribution in [2.75, 3.05) is 19.3 Å². The van der Waals surface area contributed by atoms with Crippen LogP contribution in [0.25, 0.3) is 0 Å². The molecule has 0 bridgehead atoms. The number of likely N-dealkylation sites (tertiary alicyclic amines) is 1. The van der Waals surface area contributed by atoms with Crippen LogP contribution in [0.5, 0.6) is 5.75 Å². The number of sulfonamides is 1. The molecule has 0 aliphatic carbocycles. The lowest BCUT2D eigenvalue weighted by Gasteiger charge is -2.31. The summed E-state index contributed by atoms with van der Waals surface area (Å²) in [5, 5.41) is 2.89. The molecule has 0 saturated carbocycles. The van der Waals surface area contributed by atoms with Crippen LogP contribution in [0.3, 0.4) is 0 Å². The van der Waals surface area contributed by atoms with E-state index in [4.69, 9.17) is 4.74 Å². The molecule has 6 nitrogen and oxygen atoms in total. The predicted molar refractivity (Wildman–Crippen MR) is 99.1 cm³/mol. The summed E-state index contributed by atoms with van der Waals surface area (Å²) < 4.78 is 43.7. The number of rotatable bonds is 7. The molecule has 3 rings (SSSR count). The molecule has 0 radical (unpaired) electrons. The topological polar surface area (TPSA) is 71.5 Å². The minimum Gasteiger partial charge on any atom is -0.486 e.